The number of carbonyl (C=O) groups excluding carboxylic acids is 1. The molecular weight excluding hydrogens is 364 g/mol. The summed E-state index contributed by atoms with van der Waals surface area (Å²) >= 11 is 0. The van der Waals surface area contributed by atoms with Crippen LogP contribution in [0.15, 0.2) is 47.6 Å². The molecular formula is C22H24N6O. The zero-order valence-corrected chi connectivity index (χ0v) is 16.9. The molecule has 7 heteroatoms. The second kappa shape index (κ2) is 7.87. The van der Waals surface area contributed by atoms with Gasteiger partial charge in [-0.25, -0.2) is 0 Å². The maximum atomic E-state index is 11.8. The minimum Gasteiger partial charge on any atom is -0.338 e. The van der Waals surface area contributed by atoms with Crippen molar-refractivity contribution in [3.05, 3.63) is 59.5 Å². The fourth-order valence-corrected chi connectivity index (χ4v) is 3.63. The van der Waals surface area contributed by atoms with Crippen molar-refractivity contribution in [3.8, 4) is 11.1 Å². The lowest BCUT2D eigenvalue weighted by atomic mass is 10.1. The monoisotopic (exact) mass is 388 g/mol. The molecule has 4 rings (SSSR count). The smallest absolute Gasteiger partial charge is 0.219 e. The fraction of sp³-hybridized carbons (Fsp3) is 0.273. The van der Waals surface area contributed by atoms with Crippen molar-refractivity contribution in [2.45, 2.75) is 19.9 Å². The Labute approximate surface area is 170 Å². The Morgan fingerprint density at radius 1 is 1.17 bits per heavy atom. The Balaban J connectivity index is 1.53. The Morgan fingerprint density at radius 3 is 2.59 bits per heavy atom. The van der Waals surface area contributed by atoms with E-state index in [9.17, 15) is 4.79 Å². The predicted octanol–water partition coefficient (Wildman–Crippen LogP) is 3.18. The Kier molecular flexibility index (Phi) is 5.12. The zero-order chi connectivity index (χ0) is 20.4. The highest BCUT2D eigenvalue weighted by molar-refractivity contribution is 5.78. The van der Waals surface area contributed by atoms with Crippen molar-refractivity contribution >= 4 is 23.6 Å². The average molecular weight is 388 g/mol. The number of fused-ring (bicyclic) bond motifs is 1. The van der Waals surface area contributed by atoms with Gasteiger partial charge in [0.15, 0.2) is 5.82 Å². The molecule has 2 aromatic heterocycles. The van der Waals surface area contributed by atoms with Gasteiger partial charge in [0.25, 0.3) is 0 Å². The number of amides is 1. The molecule has 0 spiro atoms. The van der Waals surface area contributed by atoms with Crippen LogP contribution in [0, 0.1) is 0 Å². The van der Waals surface area contributed by atoms with E-state index in [1.165, 1.54) is 5.69 Å². The van der Waals surface area contributed by atoms with Gasteiger partial charge in [0.1, 0.15) is 0 Å². The van der Waals surface area contributed by atoms with Gasteiger partial charge < -0.3 is 10.2 Å². The van der Waals surface area contributed by atoms with Gasteiger partial charge in [0.2, 0.25) is 5.91 Å². The highest BCUT2D eigenvalue weighted by atomic mass is 16.2. The summed E-state index contributed by atoms with van der Waals surface area (Å²) in [5.74, 6) is 0.908. The number of aliphatic imine (C=N–C) groups is 1. The Morgan fingerprint density at radius 2 is 1.93 bits per heavy atom. The van der Waals surface area contributed by atoms with Gasteiger partial charge in [-0.2, -0.15) is 5.10 Å². The highest BCUT2D eigenvalue weighted by Gasteiger charge is 2.25. The lowest BCUT2D eigenvalue weighted by molar-refractivity contribution is -0.129. The Bertz CT molecular complexity index is 1050. The number of nitrogens with zero attached hydrogens (tertiary/aromatic N) is 5. The standard InChI is InChI=1S/C22H24N6O/c1-15(29)28-11-10-21-20(14-28)22(26-27(21)3)25-18-7-4-16(5-8-18)17-6-9-19(13-23-2)24-12-17/h4-9,12-13H,10-11,14H2,1-3H3,(H,25,26). The van der Waals surface area contributed by atoms with Crippen LogP contribution < -0.4 is 5.32 Å². The normalized spacial score (nSPS) is 13.6. The summed E-state index contributed by atoms with van der Waals surface area (Å²) in [5.41, 5.74) is 6.22. The van der Waals surface area contributed by atoms with E-state index in [0.717, 1.165) is 46.9 Å². The summed E-state index contributed by atoms with van der Waals surface area (Å²) < 4.78 is 1.91. The molecule has 29 heavy (non-hydrogen) atoms. The summed E-state index contributed by atoms with van der Waals surface area (Å²) in [6.07, 6.45) is 4.41. The number of aromatic nitrogens is 3. The highest BCUT2D eigenvalue weighted by Crippen LogP contribution is 2.29. The topological polar surface area (TPSA) is 75.4 Å². The van der Waals surface area contributed by atoms with Crippen LogP contribution in [-0.2, 0) is 24.8 Å². The number of pyridine rings is 1. The van der Waals surface area contributed by atoms with E-state index in [0.29, 0.717) is 6.54 Å². The molecule has 0 unspecified atom stereocenters. The minimum atomic E-state index is 0.0969. The first-order valence-electron chi connectivity index (χ1n) is 9.61. The van der Waals surface area contributed by atoms with E-state index < -0.39 is 0 Å². The van der Waals surface area contributed by atoms with Crippen molar-refractivity contribution in [3.63, 3.8) is 0 Å². The number of aryl methyl sites for hydroxylation is 1. The third-order valence-electron chi connectivity index (χ3n) is 5.22. The maximum absolute atomic E-state index is 11.8. The fourth-order valence-electron chi connectivity index (χ4n) is 3.63. The molecule has 1 aromatic carbocycles. The largest absolute Gasteiger partial charge is 0.338 e. The van der Waals surface area contributed by atoms with Gasteiger partial charge in [0.05, 0.1) is 12.2 Å². The molecule has 0 bridgehead atoms. The van der Waals surface area contributed by atoms with E-state index >= 15 is 0 Å². The second-order valence-corrected chi connectivity index (χ2v) is 7.15. The molecule has 1 N–H and O–H groups in total. The number of anilines is 2. The first-order chi connectivity index (χ1) is 14.0. The molecule has 3 heterocycles. The summed E-state index contributed by atoms with van der Waals surface area (Å²) in [4.78, 5) is 22.0. The number of hydrogen-bond donors (Lipinski definition) is 1. The van der Waals surface area contributed by atoms with Crippen LogP contribution in [0.2, 0.25) is 0 Å². The molecule has 1 aliphatic heterocycles. The summed E-state index contributed by atoms with van der Waals surface area (Å²) in [6, 6.07) is 12.2. The molecule has 0 fully saturated rings. The van der Waals surface area contributed by atoms with Gasteiger partial charge in [-0.1, -0.05) is 18.2 Å². The molecule has 0 atom stereocenters. The first kappa shape index (κ1) is 18.9. The summed E-state index contributed by atoms with van der Waals surface area (Å²) in [7, 11) is 3.69. The van der Waals surface area contributed by atoms with Crippen molar-refractivity contribution < 1.29 is 4.79 Å². The number of nitrogens with one attached hydrogen (secondary N) is 1. The lowest BCUT2D eigenvalue weighted by Gasteiger charge is -2.26. The zero-order valence-electron chi connectivity index (χ0n) is 16.9. The first-order valence-corrected chi connectivity index (χ1v) is 9.61. The van der Waals surface area contributed by atoms with Gasteiger partial charge in [-0.05, 0) is 23.8 Å². The van der Waals surface area contributed by atoms with Gasteiger partial charge >= 0.3 is 0 Å². The maximum Gasteiger partial charge on any atom is 0.219 e. The van der Waals surface area contributed by atoms with Crippen molar-refractivity contribution in [2.75, 3.05) is 18.9 Å². The van der Waals surface area contributed by atoms with Crippen LogP contribution >= 0.6 is 0 Å². The van der Waals surface area contributed by atoms with Gasteiger partial charge in [0, 0.05) is 68.9 Å². The predicted molar refractivity (Wildman–Crippen MR) is 114 cm³/mol. The van der Waals surface area contributed by atoms with Crippen LogP contribution in [-0.4, -0.2) is 45.4 Å². The number of benzene rings is 1. The number of rotatable bonds is 4. The molecule has 0 saturated carbocycles. The number of carbonyl (C=O) groups is 1. The van der Waals surface area contributed by atoms with Crippen molar-refractivity contribution in [1.82, 2.24) is 19.7 Å². The van der Waals surface area contributed by atoms with Crippen molar-refractivity contribution in [1.29, 1.82) is 0 Å². The SMILES string of the molecule is CN=Cc1ccc(-c2ccc(Nc3nn(C)c4c3CN(C(C)=O)CC4)cc2)cn1. The van der Waals surface area contributed by atoms with Crippen LogP contribution in [0.1, 0.15) is 23.9 Å². The quantitative estimate of drug-likeness (QED) is 0.697. The minimum absolute atomic E-state index is 0.0969. The van der Waals surface area contributed by atoms with E-state index in [2.05, 4.69) is 32.5 Å². The molecule has 0 aliphatic carbocycles. The van der Waals surface area contributed by atoms with E-state index in [1.807, 2.05) is 47.1 Å². The van der Waals surface area contributed by atoms with E-state index in [4.69, 9.17) is 0 Å². The molecule has 1 amide bonds. The third-order valence-corrected chi connectivity index (χ3v) is 5.22. The van der Waals surface area contributed by atoms with Gasteiger partial charge in [-0.15, -0.1) is 0 Å². The van der Waals surface area contributed by atoms with Crippen LogP contribution in [0.4, 0.5) is 11.5 Å². The lowest BCUT2D eigenvalue weighted by Crippen LogP contribution is -2.34. The summed E-state index contributed by atoms with van der Waals surface area (Å²) in [6.45, 7) is 2.95. The average Bonchev–Trinajstić information content (AvgIpc) is 3.04. The molecule has 3 aromatic rings. The molecule has 7 nitrogen and oxygen atoms in total. The molecule has 0 saturated heterocycles. The van der Waals surface area contributed by atoms with Gasteiger partial charge in [-0.3, -0.25) is 19.5 Å². The van der Waals surface area contributed by atoms with E-state index in [1.54, 1.807) is 20.2 Å². The molecule has 0 radical (unpaired) electrons. The third kappa shape index (κ3) is 3.89. The van der Waals surface area contributed by atoms with Crippen LogP contribution in [0.25, 0.3) is 11.1 Å². The molecule has 1 aliphatic rings. The Hall–Kier alpha value is -3.48. The second-order valence-electron chi connectivity index (χ2n) is 7.15. The van der Waals surface area contributed by atoms with Crippen LogP contribution in [0.5, 0.6) is 0 Å². The summed E-state index contributed by atoms with van der Waals surface area (Å²) in [5, 5.41) is 8.05. The number of hydrogen-bond acceptors (Lipinski definition) is 5. The molecule has 148 valence electrons. The van der Waals surface area contributed by atoms with Crippen molar-refractivity contribution in [2.24, 2.45) is 12.0 Å². The van der Waals surface area contributed by atoms with Crippen LogP contribution in [0.3, 0.4) is 0 Å². The van der Waals surface area contributed by atoms with E-state index in [-0.39, 0.29) is 5.91 Å².